The number of hydrogen-bond donors (Lipinski definition) is 6. The topological polar surface area (TPSA) is 388 Å². The van der Waals surface area contributed by atoms with E-state index in [-0.39, 0.29) is 110 Å². The number of halogens is 6. The normalized spacial score (nSPS) is 21.0. The highest BCUT2D eigenvalue weighted by atomic mass is 19.4. The molecule has 0 bridgehead atoms. The first kappa shape index (κ1) is 77.5. The van der Waals surface area contributed by atoms with E-state index in [1.165, 1.54) is 45.5 Å². The molecule has 3 saturated heterocycles. The Labute approximate surface area is 639 Å². The summed E-state index contributed by atoms with van der Waals surface area (Å²) in [7, 11) is 0. The summed E-state index contributed by atoms with van der Waals surface area (Å²) in [5.41, 5.74) is 40.2. The van der Waals surface area contributed by atoms with Crippen molar-refractivity contribution in [1.82, 2.24) is 78.4 Å². The van der Waals surface area contributed by atoms with Gasteiger partial charge in [0.1, 0.15) is 56.9 Å². The molecular formula is C78H82F6N22O6. The maximum Gasteiger partial charge on any atom is 0.433 e. The van der Waals surface area contributed by atoms with Crippen molar-refractivity contribution in [3.8, 4) is 69.3 Å². The van der Waals surface area contributed by atoms with Gasteiger partial charge in [-0.1, -0.05) is 60.2 Å². The molecule has 1 atom stereocenters. The van der Waals surface area contributed by atoms with E-state index in [4.69, 9.17) is 39.5 Å². The van der Waals surface area contributed by atoms with E-state index in [0.29, 0.717) is 73.8 Å². The van der Waals surface area contributed by atoms with E-state index in [0.717, 1.165) is 81.5 Å². The number of carbonyl (C=O) groups excluding carboxylic acids is 6. The van der Waals surface area contributed by atoms with Gasteiger partial charge in [-0.3, -0.25) is 42.8 Å². The molecule has 34 heteroatoms. The van der Waals surface area contributed by atoms with Crippen LogP contribution >= 0.6 is 0 Å². The van der Waals surface area contributed by atoms with Crippen LogP contribution in [0.15, 0.2) is 104 Å². The average Bonchev–Trinajstić information content (AvgIpc) is 1.57. The van der Waals surface area contributed by atoms with Gasteiger partial charge in [0.15, 0.2) is 0 Å². The zero-order valence-electron chi connectivity index (χ0n) is 62.0. The zero-order chi connectivity index (χ0) is 80.1. The highest BCUT2D eigenvalue weighted by Crippen LogP contribution is 2.57. The molecule has 2 aromatic carbocycles. The Morgan fingerprint density at radius 2 is 0.920 bits per heavy atom. The molecule has 15 rings (SSSR count). The Hall–Kier alpha value is -12.7. The number of nitrogens with zero attached hydrogens (tertiary/aromatic N) is 16. The lowest BCUT2D eigenvalue weighted by atomic mass is 9.65. The summed E-state index contributed by atoms with van der Waals surface area (Å²) >= 11 is 0. The fraction of sp³-hybridized carbons (Fsp3) is 0.397. The number of nitrogens with two attached hydrogens (primary N) is 6. The van der Waals surface area contributed by atoms with Gasteiger partial charge in [-0.25, -0.2) is 19.0 Å². The quantitative estimate of drug-likeness (QED) is 0.0414. The number of hydrogen-bond acceptors (Lipinski definition) is 16. The van der Waals surface area contributed by atoms with E-state index in [1.807, 2.05) is 27.9 Å². The van der Waals surface area contributed by atoms with Crippen molar-refractivity contribution >= 4 is 52.9 Å². The highest BCUT2D eigenvalue weighted by molar-refractivity contribution is 6.05. The molecule has 0 radical (unpaired) electrons. The van der Waals surface area contributed by atoms with E-state index >= 15 is 0 Å². The third-order valence-electron chi connectivity index (χ3n) is 22.3. The standard InChI is InChI=1S/C27H28F3N7O2.C26H29N7O2.C25H25F3N8O2/c1-3-5-21(38)35-9-8-26(15-35)11-20(12-26)37-24(31)22(25(32)39)23(34-37)18-13-33-36(14-18)16(2)17-6-4-7-19(10-17)27(28,29)30;1-3-6-21(34)31-10-9-26(16-31)11-20(12-26)33-24(27)22(25(28)35)23(30-33)19-13-29-32(15-19)14-18-8-5-4-7-17(18)2;1-2-4-19(37)34-8-7-24(14-34)9-17(10-24)36-22(29)20(23(30)38)21(33-36)15-11-31-35(12-15)13-16-5-3-6-18(32-16)25(26,27)28/h4,6-7,10,13-14,16,20H,8-9,11-12,15,31H2,1-2H3,(H2,32,39);4-5,7-8,13,15,20H,9-12,14,16,27H2,1-2H3,(H2,28,35);3,5-6,11-12,17H,7-10,13-14,29H2,1H3,(H2,30,38). The van der Waals surface area contributed by atoms with E-state index in [1.54, 1.807) is 76.2 Å². The summed E-state index contributed by atoms with van der Waals surface area (Å²) in [5.74, 6) is 13.8. The number of rotatable bonds is 15. The number of pyridine rings is 1. The number of benzene rings is 2. The second-order valence-electron chi connectivity index (χ2n) is 29.8. The molecule has 3 aliphatic heterocycles. The number of amides is 6. The monoisotopic (exact) mass is 1540 g/mol. The lowest BCUT2D eigenvalue weighted by molar-refractivity contribution is -0.141. The van der Waals surface area contributed by atoms with Crippen molar-refractivity contribution < 1.29 is 55.1 Å². The molecule has 6 fully saturated rings. The molecule has 6 amide bonds. The molecule has 28 nitrogen and oxygen atoms in total. The number of anilines is 3. The minimum atomic E-state index is -4.55. The smallest absolute Gasteiger partial charge is 0.383 e. The Morgan fingerprint density at radius 3 is 1.32 bits per heavy atom. The molecule has 10 heterocycles. The minimum absolute atomic E-state index is 0.0191. The van der Waals surface area contributed by atoms with Crippen LogP contribution in [0.2, 0.25) is 0 Å². The number of aromatic nitrogens is 13. The molecule has 9 aromatic rings. The van der Waals surface area contributed by atoms with Crippen LogP contribution in [0.4, 0.5) is 43.8 Å². The van der Waals surface area contributed by atoms with Crippen molar-refractivity contribution in [3.05, 3.63) is 154 Å². The third kappa shape index (κ3) is 15.5. The fourth-order valence-electron chi connectivity index (χ4n) is 16.5. The first-order valence-corrected chi connectivity index (χ1v) is 36.3. The molecule has 3 saturated carbocycles. The van der Waals surface area contributed by atoms with Gasteiger partial charge in [0.2, 0.25) is 0 Å². The maximum atomic E-state index is 13.2. The third-order valence-corrected chi connectivity index (χ3v) is 22.3. The van der Waals surface area contributed by atoms with Gasteiger partial charge in [0.05, 0.1) is 67.1 Å². The Morgan fingerprint density at radius 1 is 0.518 bits per heavy atom. The second-order valence-corrected chi connectivity index (χ2v) is 29.8. The summed E-state index contributed by atoms with van der Waals surface area (Å²) in [5, 5.41) is 27.0. The van der Waals surface area contributed by atoms with Gasteiger partial charge in [0.25, 0.3) is 35.4 Å². The summed E-state index contributed by atoms with van der Waals surface area (Å²) in [6, 6.07) is 16.3. The molecule has 582 valence electrons. The van der Waals surface area contributed by atoms with Crippen LogP contribution in [-0.2, 0) is 39.8 Å². The molecular weight excluding hydrogens is 1450 g/mol. The molecule has 3 spiro atoms. The predicted octanol–water partition coefficient (Wildman–Crippen LogP) is 8.46. The second kappa shape index (κ2) is 30.3. The molecule has 12 N–H and O–H groups in total. The molecule has 6 aliphatic rings. The van der Waals surface area contributed by atoms with Crippen molar-refractivity contribution in [2.24, 2.45) is 33.4 Å². The summed E-state index contributed by atoms with van der Waals surface area (Å²) in [6.45, 7) is 13.2. The van der Waals surface area contributed by atoms with Crippen LogP contribution in [0.5, 0.6) is 0 Å². The van der Waals surface area contributed by atoms with Gasteiger partial charge in [-0.2, -0.15) is 56.9 Å². The van der Waals surface area contributed by atoms with E-state index < -0.39 is 47.4 Å². The number of aryl methyl sites for hydroxylation is 1. The first-order chi connectivity index (χ1) is 53.2. The maximum absolute atomic E-state index is 13.2. The number of nitrogen functional groups attached to an aromatic ring is 3. The van der Waals surface area contributed by atoms with E-state index in [2.05, 4.69) is 85.1 Å². The van der Waals surface area contributed by atoms with E-state index in [9.17, 15) is 55.1 Å². The van der Waals surface area contributed by atoms with Crippen LogP contribution in [0.3, 0.4) is 0 Å². The molecule has 3 aliphatic carbocycles. The SMILES string of the molecule is CC#CC(=O)N1CCC2(CC(n3nc(-c4cnn(C(C)c5cccc(C(F)(F)F)c5)c4)c(C(N)=O)c3N)C2)C1.CC#CC(=O)N1CCC2(CC(n3nc(-c4cnn(Cc5cccc(C(F)(F)F)n5)c4)c(C(N)=O)c3N)C2)C1.CC#CC(=O)N1CCC2(CC(n3nc(-c4cnn(Cc5ccccc5C)c4)c(C(N)=O)c3N)C2)C1. The van der Waals surface area contributed by atoms with Crippen LogP contribution in [0.1, 0.15) is 174 Å². The minimum Gasteiger partial charge on any atom is -0.383 e. The predicted molar refractivity (Wildman–Crippen MR) is 399 cm³/mol. The highest BCUT2D eigenvalue weighted by Gasteiger charge is 2.54. The Balaban J connectivity index is 0.000000147. The van der Waals surface area contributed by atoms with Crippen molar-refractivity contribution in [1.29, 1.82) is 0 Å². The number of carbonyl (C=O) groups is 6. The van der Waals surface area contributed by atoms with Gasteiger partial charge in [0, 0.05) is 74.5 Å². The van der Waals surface area contributed by atoms with Crippen molar-refractivity contribution in [3.63, 3.8) is 0 Å². The number of alkyl halides is 6. The van der Waals surface area contributed by atoms with Crippen LogP contribution in [0.25, 0.3) is 33.8 Å². The van der Waals surface area contributed by atoms with Gasteiger partial charge in [-0.15, -0.1) is 0 Å². The Kier molecular flexibility index (Phi) is 21.0. The summed E-state index contributed by atoms with van der Waals surface area (Å²) < 4.78 is 88.2. The Bertz CT molecular complexity index is 5390. The van der Waals surface area contributed by atoms with Crippen LogP contribution < -0.4 is 34.4 Å². The number of primary amides is 3. The van der Waals surface area contributed by atoms with Crippen LogP contribution in [-0.4, -0.2) is 153 Å². The summed E-state index contributed by atoms with van der Waals surface area (Å²) in [6.07, 6.45) is 7.93. The van der Waals surface area contributed by atoms with Crippen LogP contribution in [0, 0.1) is 58.7 Å². The molecule has 1 unspecified atom stereocenters. The van der Waals surface area contributed by atoms with Gasteiger partial charge in [-0.05, 0) is 167 Å². The average molecular weight is 1540 g/mol. The lowest BCUT2D eigenvalue weighted by Gasteiger charge is -2.45. The summed E-state index contributed by atoms with van der Waals surface area (Å²) in [4.78, 5) is 82.5. The lowest BCUT2D eigenvalue weighted by Crippen LogP contribution is -2.42. The van der Waals surface area contributed by atoms with Crippen molar-refractivity contribution in [2.45, 2.75) is 142 Å². The first-order valence-electron chi connectivity index (χ1n) is 36.3. The zero-order valence-corrected chi connectivity index (χ0v) is 62.0. The fourth-order valence-corrected chi connectivity index (χ4v) is 16.5. The largest absolute Gasteiger partial charge is 0.433 e. The molecule has 7 aromatic heterocycles. The van der Waals surface area contributed by atoms with Gasteiger partial charge >= 0.3 is 12.4 Å². The van der Waals surface area contributed by atoms with Crippen molar-refractivity contribution in [2.75, 3.05) is 56.5 Å². The molecule has 112 heavy (non-hydrogen) atoms. The van der Waals surface area contributed by atoms with Gasteiger partial charge < -0.3 is 49.1 Å². The number of likely N-dealkylation sites (tertiary alicyclic amines) is 3.